The first-order chi connectivity index (χ1) is 5.07. The highest BCUT2D eigenvalue weighted by Crippen LogP contribution is 2.12. The second-order valence-corrected chi connectivity index (χ2v) is 4.85. The summed E-state index contributed by atoms with van der Waals surface area (Å²) in [6.45, 7) is 8.32. The summed E-state index contributed by atoms with van der Waals surface area (Å²) in [4.78, 5) is 0. The van der Waals surface area contributed by atoms with Crippen molar-refractivity contribution in [3.05, 3.63) is 11.0 Å². The minimum absolute atomic E-state index is 0.480. The van der Waals surface area contributed by atoms with E-state index < -0.39 is 9.04 Å². The average Bonchev–Trinajstić information content (AvgIpc) is 1.86. The van der Waals surface area contributed by atoms with Gasteiger partial charge in [-0.3, -0.25) is 0 Å². The van der Waals surface area contributed by atoms with Crippen LogP contribution in [0.4, 0.5) is 0 Å². The maximum absolute atomic E-state index is 5.71. The minimum Gasteiger partial charge on any atom is -0.517 e. The molecule has 4 heteroatoms. The van der Waals surface area contributed by atoms with E-state index in [-0.39, 0.29) is 0 Å². The fraction of sp³-hybridized carbons (Fsp3) is 0.714. The molecule has 0 aliphatic rings. The molecular weight excluding hydrogens is 180 g/mol. The van der Waals surface area contributed by atoms with Gasteiger partial charge in [-0.05, 0) is 26.9 Å². The van der Waals surface area contributed by atoms with Crippen molar-refractivity contribution in [3.63, 3.8) is 0 Å². The molecule has 0 spiro atoms. The van der Waals surface area contributed by atoms with E-state index in [0.717, 1.165) is 0 Å². The van der Waals surface area contributed by atoms with Gasteiger partial charge in [0.05, 0.1) is 11.6 Å². The smallest absolute Gasteiger partial charge is 0.280 e. The molecule has 0 unspecified atom stereocenters. The molecule has 0 fully saturated rings. The van der Waals surface area contributed by atoms with E-state index in [1.54, 1.807) is 6.92 Å². The van der Waals surface area contributed by atoms with Crippen molar-refractivity contribution < 1.29 is 9.16 Å². The van der Waals surface area contributed by atoms with Crippen LogP contribution in [-0.2, 0) is 9.16 Å². The largest absolute Gasteiger partial charge is 0.517 e. The number of hydrogen-bond donors (Lipinski definition) is 0. The summed E-state index contributed by atoms with van der Waals surface area (Å²) in [5.74, 6) is 0.480. The third-order valence-corrected chi connectivity index (χ3v) is 1.60. The number of rotatable bonds is 4. The molecule has 0 rings (SSSR count). The zero-order valence-corrected chi connectivity index (χ0v) is 9.16. The maximum atomic E-state index is 5.71. The van der Waals surface area contributed by atoms with E-state index >= 15 is 0 Å². The normalized spacial score (nSPS) is 12.9. The maximum Gasteiger partial charge on any atom is 0.280 e. The Bertz CT molecular complexity index is 141. The molecular formula is C7H14ClO2Si. The highest BCUT2D eigenvalue weighted by atomic mass is 35.5. The molecule has 0 saturated heterocycles. The van der Waals surface area contributed by atoms with Crippen LogP contribution in [0.15, 0.2) is 11.0 Å². The predicted octanol–water partition coefficient (Wildman–Crippen LogP) is 2.72. The number of halogens is 1. The van der Waals surface area contributed by atoms with Crippen molar-refractivity contribution in [2.75, 3.05) is 6.61 Å². The van der Waals surface area contributed by atoms with Gasteiger partial charge in [0.1, 0.15) is 0 Å². The van der Waals surface area contributed by atoms with Crippen LogP contribution in [0, 0.1) is 0 Å². The van der Waals surface area contributed by atoms with Gasteiger partial charge in [-0.15, -0.1) is 0 Å². The molecule has 0 aromatic heterocycles. The van der Waals surface area contributed by atoms with Crippen molar-refractivity contribution in [2.45, 2.75) is 26.9 Å². The van der Waals surface area contributed by atoms with Crippen molar-refractivity contribution in [2.24, 2.45) is 0 Å². The third kappa shape index (κ3) is 5.15. The van der Waals surface area contributed by atoms with E-state index in [4.69, 9.17) is 20.8 Å². The van der Waals surface area contributed by atoms with Crippen LogP contribution in [0.25, 0.3) is 0 Å². The van der Waals surface area contributed by atoms with Gasteiger partial charge in [-0.25, -0.2) is 0 Å². The SMILES string of the molecule is CCO/C(O[Si](C)C)=C(\C)Cl. The van der Waals surface area contributed by atoms with Gasteiger partial charge in [0.25, 0.3) is 15.0 Å². The van der Waals surface area contributed by atoms with E-state index in [2.05, 4.69) is 0 Å². The highest BCUT2D eigenvalue weighted by molar-refractivity contribution is 6.48. The second kappa shape index (κ2) is 5.49. The first-order valence-corrected chi connectivity index (χ1v) is 6.33. The van der Waals surface area contributed by atoms with Crippen LogP contribution in [-0.4, -0.2) is 15.6 Å². The van der Waals surface area contributed by atoms with Crippen LogP contribution >= 0.6 is 11.6 Å². The van der Waals surface area contributed by atoms with Crippen LogP contribution in [0.1, 0.15) is 13.8 Å². The summed E-state index contributed by atoms with van der Waals surface area (Å²) in [7, 11) is -0.767. The highest BCUT2D eigenvalue weighted by Gasteiger charge is 2.06. The molecule has 0 heterocycles. The molecule has 0 aliphatic heterocycles. The van der Waals surface area contributed by atoms with Gasteiger partial charge >= 0.3 is 0 Å². The summed E-state index contributed by atoms with van der Waals surface area (Å²) in [5, 5.41) is 0.582. The Hall–Kier alpha value is -0.153. The van der Waals surface area contributed by atoms with Crippen molar-refractivity contribution in [3.8, 4) is 0 Å². The van der Waals surface area contributed by atoms with Gasteiger partial charge in [-0.1, -0.05) is 11.6 Å². The molecule has 0 atom stereocenters. The van der Waals surface area contributed by atoms with Gasteiger partial charge in [0.15, 0.2) is 0 Å². The van der Waals surface area contributed by atoms with Crippen LogP contribution in [0.5, 0.6) is 0 Å². The van der Waals surface area contributed by atoms with Gasteiger partial charge in [0.2, 0.25) is 0 Å². The Kier molecular flexibility index (Phi) is 5.41. The Morgan fingerprint density at radius 3 is 2.27 bits per heavy atom. The summed E-state index contributed by atoms with van der Waals surface area (Å²) in [6, 6.07) is 0. The lowest BCUT2D eigenvalue weighted by Gasteiger charge is -2.13. The van der Waals surface area contributed by atoms with Crippen molar-refractivity contribution in [1.29, 1.82) is 0 Å². The molecule has 0 aromatic carbocycles. The molecule has 0 aliphatic carbocycles. The topological polar surface area (TPSA) is 18.5 Å². The minimum atomic E-state index is -0.767. The van der Waals surface area contributed by atoms with E-state index in [1.807, 2.05) is 20.0 Å². The fourth-order valence-corrected chi connectivity index (χ4v) is 1.26. The number of allylic oxidation sites excluding steroid dienone is 1. The zero-order valence-electron chi connectivity index (χ0n) is 7.40. The molecule has 0 aromatic rings. The van der Waals surface area contributed by atoms with Crippen LogP contribution in [0.3, 0.4) is 0 Å². The molecule has 0 saturated carbocycles. The van der Waals surface area contributed by atoms with Gasteiger partial charge in [-0.2, -0.15) is 0 Å². The predicted molar refractivity (Wildman–Crippen MR) is 48.7 cm³/mol. The molecule has 0 bridgehead atoms. The monoisotopic (exact) mass is 193 g/mol. The molecule has 1 radical (unpaired) electrons. The first kappa shape index (κ1) is 10.8. The lowest BCUT2D eigenvalue weighted by molar-refractivity contribution is 0.114. The Morgan fingerprint density at radius 1 is 1.45 bits per heavy atom. The quantitative estimate of drug-likeness (QED) is 0.505. The van der Waals surface area contributed by atoms with Gasteiger partial charge < -0.3 is 9.16 Å². The number of hydrogen-bond acceptors (Lipinski definition) is 2. The summed E-state index contributed by atoms with van der Waals surface area (Å²) in [5.41, 5.74) is 0. The van der Waals surface area contributed by atoms with E-state index in [1.165, 1.54) is 0 Å². The molecule has 65 valence electrons. The second-order valence-electron chi connectivity index (χ2n) is 2.26. The average molecular weight is 194 g/mol. The van der Waals surface area contributed by atoms with Crippen LogP contribution < -0.4 is 0 Å². The third-order valence-electron chi connectivity index (χ3n) is 0.854. The lowest BCUT2D eigenvalue weighted by atomic mass is 10.7. The Labute approximate surface area is 74.9 Å². The summed E-state index contributed by atoms with van der Waals surface area (Å²) in [6.07, 6.45) is 0. The standard InChI is InChI=1S/C7H14ClO2Si/c1-5-9-7(6(2)8)10-11(3)4/h5H2,1-4H3/b7-6-. The fourth-order valence-electron chi connectivity index (χ4n) is 0.516. The molecule has 2 nitrogen and oxygen atoms in total. The van der Waals surface area contributed by atoms with Crippen molar-refractivity contribution in [1.82, 2.24) is 0 Å². The van der Waals surface area contributed by atoms with E-state index in [9.17, 15) is 0 Å². The first-order valence-electron chi connectivity index (χ1n) is 3.55. The lowest BCUT2D eigenvalue weighted by Crippen LogP contribution is -2.10. The molecule has 0 N–H and O–H groups in total. The zero-order chi connectivity index (χ0) is 8.85. The Balaban J connectivity index is 4.02. The Morgan fingerprint density at radius 2 is 2.00 bits per heavy atom. The van der Waals surface area contributed by atoms with Crippen molar-refractivity contribution >= 4 is 20.6 Å². The summed E-state index contributed by atoms with van der Waals surface area (Å²) < 4.78 is 10.5. The number of ether oxygens (including phenoxy) is 1. The van der Waals surface area contributed by atoms with E-state index in [0.29, 0.717) is 17.6 Å². The summed E-state index contributed by atoms with van der Waals surface area (Å²) >= 11 is 5.71. The van der Waals surface area contributed by atoms with Crippen LogP contribution in [0.2, 0.25) is 13.1 Å². The molecule has 11 heavy (non-hydrogen) atoms. The van der Waals surface area contributed by atoms with Gasteiger partial charge in [0, 0.05) is 0 Å². The molecule has 0 amide bonds.